The molecule has 0 spiro atoms. The number of unbranched alkanes of at least 4 members (excludes halogenated alkanes) is 1. The number of halogens is 4. The van der Waals surface area contributed by atoms with Crippen molar-refractivity contribution in [3.05, 3.63) is 92.4 Å². The van der Waals surface area contributed by atoms with Crippen molar-refractivity contribution in [1.29, 1.82) is 0 Å². The fraction of sp³-hybridized carbons (Fsp3) is 0.310. The smallest absolute Gasteiger partial charge is 0.264 e. The van der Waals surface area contributed by atoms with Crippen LogP contribution in [0.2, 0.25) is 20.1 Å². The van der Waals surface area contributed by atoms with Crippen LogP contribution in [0.1, 0.15) is 38.7 Å². The highest BCUT2D eigenvalue weighted by molar-refractivity contribution is 7.92. The molecule has 3 rings (SSSR count). The first kappa shape index (κ1) is 33.0. The van der Waals surface area contributed by atoms with Crippen molar-refractivity contribution in [2.45, 2.75) is 50.6 Å². The predicted octanol–water partition coefficient (Wildman–Crippen LogP) is 7.22. The molecule has 3 aromatic carbocycles. The minimum absolute atomic E-state index is 0.0369. The average molecular weight is 659 g/mol. The number of rotatable bonds is 13. The van der Waals surface area contributed by atoms with Gasteiger partial charge in [0.15, 0.2) is 0 Å². The number of sulfonamides is 1. The molecule has 41 heavy (non-hydrogen) atoms. The van der Waals surface area contributed by atoms with Gasteiger partial charge in [0.05, 0.1) is 15.6 Å². The summed E-state index contributed by atoms with van der Waals surface area (Å²) in [4.78, 5) is 28.7. The van der Waals surface area contributed by atoms with Crippen LogP contribution in [0.3, 0.4) is 0 Å². The van der Waals surface area contributed by atoms with Crippen LogP contribution in [0, 0.1) is 0 Å². The van der Waals surface area contributed by atoms with Gasteiger partial charge in [-0.1, -0.05) is 90.9 Å². The third-order valence-electron chi connectivity index (χ3n) is 6.39. The molecule has 0 saturated carbocycles. The van der Waals surface area contributed by atoms with Crippen LogP contribution in [-0.2, 0) is 26.2 Å². The third kappa shape index (κ3) is 8.30. The van der Waals surface area contributed by atoms with Crippen molar-refractivity contribution in [2.24, 2.45) is 0 Å². The Morgan fingerprint density at radius 1 is 0.878 bits per heavy atom. The Hall–Kier alpha value is -2.49. The number of hydrogen-bond acceptors (Lipinski definition) is 4. The van der Waals surface area contributed by atoms with E-state index in [2.05, 4.69) is 5.32 Å². The highest BCUT2D eigenvalue weighted by Crippen LogP contribution is 2.33. The fourth-order valence-electron chi connectivity index (χ4n) is 4.20. The van der Waals surface area contributed by atoms with E-state index in [1.54, 1.807) is 43.3 Å². The molecule has 220 valence electrons. The SMILES string of the molecule is CCCCNC(=O)C(CC)N(Cc1c(Cl)cccc1Cl)C(=O)CN(c1ccc(Cl)cc1Cl)S(=O)(=O)c1ccccc1. The van der Waals surface area contributed by atoms with Crippen molar-refractivity contribution in [3.63, 3.8) is 0 Å². The van der Waals surface area contributed by atoms with Crippen LogP contribution >= 0.6 is 46.4 Å². The molecule has 1 unspecified atom stereocenters. The number of benzene rings is 3. The maximum absolute atomic E-state index is 14.1. The molecular weight excluding hydrogens is 628 g/mol. The summed E-state index contributed by atoms with van der Waals surface area (Å²) in [6, 6.07) is 16.0. The molecule has 0 aliphatic carbocycles. The Kier molecular flexibility index (Phi) is 12.2. The minimum atomic E-state index is -4.27. The normalized spacial score (nSPS) is 12.0. The zero-order valence-electron chi connectivity index (χ0n) is 22.6. The zero-order chi connectivity index (χ0) is 30.2. The number of nitrogens with one attached hydrogen (secondary N) is 1. The van der Waals surface area contributed by atoms with Crippen molar-refractivity contribution in [2.75, 3.05) is 17.4 Å². The highest BCUT2D eigenvalue weighted by Gasteiger charge is 2.35. The van der Waals surface area contributed by atoms with Crippen molar-refractivity contribution < 1.29 is 18.0 Å². The average Bonchev–Trinajstić information content (AvgIpc) is 2.94. The van der Waals surface area contributed by atoms with Crippen molar-refractivity contribution in [1.82, 2.24) is 10.2 Å². The third-order valence-corrected chi connectivity index (χ3v) is 9.41. The lowest BCUT2D eigenvalue weighted by Gasteiger charge is -2.33. The van der Waals surface area contributed by atoms with Crippen LogP contribution in [-0.4, -0.2) is 44.3 Å². The summed E-state index contributed by atoms with van der Waals surface area (Å²) in [5, 5.41) is 3.83. The topological polar surface area (TPSA) is 86.8 Å². The predicted molar refractivity (Wildman–Crippen MR) is 166 cm³/mol. The minimum Gasteiger partial charge on any atom is -0.354 e. The summed E-state index contributed by atoms with van der Waals surface area (Å²) >= 11 is 25.4. The monoisotopic (exact) mass is 657 g/mol. The summed E-state index contributed by atoms with van der Waals surface area (Å²) in [5.74, 6) is -1.01. The molecule has 0 saturated heterocycles. The van der Waals surface area contributed by atoms with E-state index in [0.717, 1.165) is 17.1 Å². The molecule has 0 radical (unpaired) electrons. The molecule has 0 bridgehead atoms. The Morgan fingerprint density at radius 2 is 1.54 bits per heavy atom. The van der Waals surface area contributed by atoms with E-state index >= 15 is 0 Å². The summed E-state index contributed by atoms with van der Waals surface area (Å²) < 4.78 is 28.7. The van der Waals surface area contributed by atoms with Gasteiger partial charge in [-0.15, -0.1) is 0 Å². The van der Waals surface area contributed by atoms with Gasteiger partial charge in [-0.25, -0.2) is 8.42 Å². The number of nitrogens with zero attached hydrogens (tertiary/aromatic N) is 2. The lowest BCUT2D eigenvalue weighted by atomic mass is 10.1. The molecule has 1 atom stereocenters. The molecule has 2 amide bonds. The van der Waals surface area contributed by atoms with Gasteiger partial charge in [0.1, 0.15) is 12.6 Å². The van der Waals surface area contributed by atoms with E-state index in [1.807, 2.05) is 6.92 Å². The first-order valence-electron chi connectivity index (χ1n) is 13.0. The van der Waals surface area contributed by atoms with Crippen LogP contribution in [0.5, 0.6) is 0 Å². The van der Waals surface area contributed by atoms with Gasteiger partial charge >= 0.3 is 0 Å². The Morgan fingerprint density at radius 3 is 2.12 bits per heavy atom. The largest absolute Gasteiger partial charge is 0.354 e. The first-order valence-corrected chi connectivity index (χ1v) is 16.0. The summed E-state index contributed by atoms with van der Waals surface area (Å²) in [6.07, 6.45) is 1.91. The van der Waals surface area contributed by atoms with Crippen LogP contribution in [0.15, 0.2) is 71.6 Å². The number of carbonyl (C=O) groups is 2. The van der Waals surface area contributed by atoms with Gasteiger partial charge in [0, 0.05) is 33.7 Å². The Labute approximate surface area is 261 Å². The second-order valence-electron chi connectivity index (χ2n) is 9.21. The molecule has 1 N–H and O–H groups in total. The van der Waals surface area contributed by atoms with E-state index in [-0.39, 0.29) is 34.5 Å². The molecule has 7 nitrogen and oxygen atoms in total. The molecule has 0 aliphatic heterocycles. The quantitative estimate of drug-likeness (QED) is 0.197. The van der Waals surface area contributed by atoms with Crippen LogP contribution in [0.4, 0.5) is 5.69 Å². The standard InChI is InChI=1S/C29H31Cl4N3O4S/c1-3-5-16-34-29(38)26(4-2)35(18-22-23(31)12-9-13-24(22)32)28(37)19-36(27-15-14-20(30)17-25(27)33)41(39,40)21-10-7-6-8-11-21/h6-15,17,26H,3-5,16,18-19H2,1-2H3,(H,34,38). The molecule has 3 aromatic rings. The Balaban J connectivity index is 2.10. The van der Waals surface area contributed by atoms with E-state index in [1.165, 1.54) is 35.2 Å². The van der Waals surface area contributed by atoms with Gasteiger partial charge in [-0.2, -0.15) is 0 Å². The molecule has 0 aliphatic rings. The van der Waals surface area contributed by atoms with Gasteiger partial charge in [-0.05, 0) is 55.3 Å². The van der Waals surface area contributed by atoms with Crippen molar-refractivity contribution >= 4 is 73.9 Å². The van der Waals surface area contributed by atoms with Gasteiger partial charge in [0.25, 0.3) is 10.0 Å². The maximum Gasteiger partial charge on any atom is 0.264 e. The number of carbonyl (C=O) groups excluding carboxylic acids is 2. The van der Waals surface area contributed by atoms with Gasteiger partial charge in [-0.3, -0.25) is 13.9 Å². The molecule has 0 heterocycles. The van der Waals surface area contributed by atoms with E-state index in [9.17, 15) is 18.0 Å². The lowest BCUT2D eigenvalue weighted by Crippen LogP contribution is -2.52. The van der Waals surface area contributed by atoms with E-state index in [0.29, 0.717) is 27.2 Å². The van der Waals surface area contributed by atoms with Crippen LogP contribution < -0.4 is 9.62 Å². The second-order valence-corrected chi connectivity index (χ2v) is 12.7. The van der Waals surface area contributed by atoms with E-state index in [4.69, 9.17) is 46.4 Å². The van der Waals surface area contributed by atoms with Gasteiger partial charge < -0.3 is 10.2 Å². The number of amides is 2. The molecular formula is C29H31Cl4N3O4S. The molecule has 0 aromatic heterocycles. The first-order chi connectivity index (χ1) is 19.5. The Bertz CT molecular complexity index is 1450. The second kappa shape index (κ2) is 15.1. The van der Waals surface area contributed by atoms with Crippen molar-refractivity contribution in [3.8, 4) is 0 Å². The summed E-state index contributed by atoms with van der Waals surface area (Å²) in [6.45, 7) is 3.44. The zero-order valence-corrected chi connectivity index (χ0v) is 26.5. The molecule has 0 fully saturated rings. The lowest BCUT2D eigenvalue weighted by molar-refractivity contribution is -0.140. The summed E-state index contributed by atoms with van der Waals surface area (Å²) in [5.41, 5.74) is 0.496. The summed E-state index contributed by atoms with van der Waals surface area (Å²) in [7, 11) is -4.27. The fourth-order valence-corrected chi connectivity index (χ4v) is 6.73. The van der Waals surface area contributed by atoms with Gasteiger partial charge in [0.2, 0.25) is 11.8 Å². The van der Waals surface area contributed by atoms with Crippen LogP contribution in [0.25, 0.3) is 0 Å². The maximum atomic E-state index is 14.1. The highest BCUT2D eigenvalue weighted by atomic mass is 35.5. The number of hydrogen-bond donors (Lipinski definition) is 1. The number of anilines is 1. The molecule has 12 heteroatoms. The van der Waals surface area contributed by atoms with E-state index < -0.39 is 28.5 Å².